The van der Waals surface area contributed by atoms with E-state index in [1.807, 2.05) is 49.1 Å². The Morgan fingerprint density at radius 3 is 2.70 bits per heavy atom. The van der Waals surface area contributed by atoms with E-state index in [-0.39, 0.29) is 24.1 Å². The van der Waals surface area contributed by atoms with E-state index in [4.69, 9.17) is 14.2 Å². The third-order valence-corrected chi connectivity index (χ3v) is 5.87. The van der Waals surface area contributed by atoms with Crippen molar-refractivity contribution in [3.63, 3.8) is 0 Å². The first kappa shape index (κ1) is 24.4. The second-order valence-electron chi connectivity index (χ2n) is 8.02. The van der Waals surface area contributed by atoms with E-state index in [2.05, 4.69) is 5.32 Å². The monoisotopic (exact) mass is 455 g/mol. The number of rotatable bonds is 8. The lowest BCUT2D eigenvalue weighted by Crippen LogP contribution is -2.53. The SMILES string of the molecule is CCC(C)N(CC1CN(C(=O)Nc2cccc(OC)c2)CCO1)C(=O)c1ccccc1OC. The predicted molar refractivity (Wildman–Crippen MR) is 127 cm³/mol. The average molecular weight is 456 g/mol. The third kappa shape index (κ3) is 6.16. The van der Waals surface area contributed by atoms with Crippen LogP contribution in [0.15, 0.2) is 48.5 Å². The van der Waals surface area contributed by atoms with Crippen LogP contribution >= 0.6 is 0 Å². The molecular formula is C25H33N3O5. The zero-order chi connectivity index (χ0) is 23.8. The Labute approximate surface area is 195 Å². The van der Waals surface area contributed by atoms with Crippen molar-refractivity contribution in [3.05, 3.63) is 54.1 Å². The van der Waals surface area contributed by atoms with Gasteiger partial charge in [0.25, 0.3) is 5.91 Å². The number of carbonyl (C=O) groups is 2. The van der Waals surface area contributed by atoms with E-state index in [0.29, 0.717) is 49.0 Å². The predicted octanol–water partition coefficient (Wildman–Crippen LogP) is 3.88. The van der Waals surface area contributed by atoms with E-state index < -0.39 is 0 Å². The molecule has 8 heteroatoms. The van der Waals surface area contributed by atoms with Crippen molar-refractivity contribution in [2.75, 3.05) is 45.8 Å². The first-order valence-electron chi connectivity index (χ1n) is 11.2. The Morgan fingerprint density at radius 1 is 1.18 bits per heavy atom. The summed E-state index contributed by atoms with van der Waals surface area (Å²) < 4.78 is 16.6. The normalized spacial score (nSPS) is 16.6. The minimum Gasteiger partial charge on any atom is -0.497 e. The molecule has 0 bridgehead atoms. The molecule has 1 N–H and O–H groups in total. The molecule has 1 heterocycles. The molecule has 0 spiro atoms. The van der Waals surface area contributed by atoms with Crippen molar-refractivity contribution in [1.29, 1.82) is 0 Å². The highest BCUT2D eigenvalue weighted by Crippen LogP contribution is 2.23. The number of carbonyl (C=O) groups excluding carboxylic acids is 2. The van der Waals surface area contributed by atoms with Gasteiger partial charge in [0.1, 0.15) is 11.5 Å². The summed E-state index contributed by atoms with van der Waals surface area (Å²) in [5.41, 5.74) is 1.18. The summed E-state index contributed by atoms with van der Waals surface area (Å²) in [6, 6.07) is 14.2. The van der Waals surface area contributed by atoms with Crippen LogP contribution in [-0.4, -0.2) is 74.3 Å². The van der Waals surface area contributed by atoms with Gasteiger partial charge < -0.3 is 29.3 Å². The van der Waals surface area contributed by atoms with Gasteiger partial charge in [-0.05, 0) is 37.6 Å². The highest BCUT2D eigenvalue weighted by atomic mass is 16.5. The number of hydrogen-bond acceptors (Lipinski definition) is 5. The van der Waals surface area contributed by atoms with Crippen LogP contribution in [0.5, 0.6) is 11.5 Å². The number of nitrogens with zero attached hydrogens (tertiary/aromatic N) is 2. The van der Waals surface area contributed by atoms with Crippen molar-refractivity contribution >= 4 is 17.6 Å². The molecular weight excluding hydrogens is 422 g/mol. The molecule has 33 heavy (non-hydrogen) atoms. The zero-order valence-electron chi connectivity index (χ0n) is 19.7. The minimum atomic E-state index is -0.289. The van der Waals surface area contributed by atoms with Crippen LogP contribution in [0.2, 0.25) is 0 Å². The van der Waals surface area contributed by atoms with Crippen LogP contribution in [0.4, 0.5) is 10.5 Å². The van der Waals surface area contributed by atoms with Gasteiger partial charge in [0.05, 0.1) is 39.0 Å². The second-order valence-corrected chi connectivity index (χ2v) is 8.02. The number of anilines is 1. The van der Waals surface area contributed by atoms with Crippen LogP contribution in [0.3, 0.4) is 0 Å². The van der Waals surface area contributed by atoms with Gasteiger partial charge in [-0.15, -0.1) is 0 Å². The molecule has 1 aliphatic heterocycles. The largest absolute Gasteiger partial charge is 0.497 e. The Bertz CT molecular complexity index is 951. The number of methoxy groups -OCH3 is 2. The summed E-state index contributed by atoms with van der Waals surface area (Å²) in [5.74, 6) is 1.11. The number of benzene rings is 2. The number of ether oxygens (including phenoxy) is 3. The van der Waals surface area contributed by atoms with Crippen molar-refractivity contribution in [1.82, 2.24) is 9.80 Å². The Kier molecular flexibility index (Phi) is 8.54. The standard InChI is InChI=1S/C25H33N3O5/c1-5-18(2)28(24(29)22-11-6-7-12-23(22)32-4)17-21-16-27(13-14-33-21)25(30)26-19-9-8-10-20(15-19)31-3/h6-12,15,18,21H,5,13-14,16-17H2,1-4H3,(H,26,30). The molecule has 0 aromatic heterocycles. The summed E-state index contributed by atoms with van der Waals surface area (Å²) in [6.07, 6.45) is 0.510. The molecule has 2 aromatic rings. The first-order chi connectivity index (χ1) is 16.0. The molecule has 2 unspecified atom stereocenters. The third-order valence-electron chi connectivity index (χ3n) is 5.87. The molecule has 0 saturated carbocycles. The van der Waals surface area contributed by atoms with Crippen molar-refractivity contribution in [3.8, 4) is 11.5 Å². The lowest BCUT2D eigenvalue weighted by molar-refractivity contribution is -0.0304. The van der Waals surface area contributed by atoms with Gasteiger partial charge in [0.15, 0.2) is 0 Å². The average Bonchev–Trinajstić information content (AvgIpc) is 2.86. The number of urea groups is 1. The molecule has 8 nitrogen and oxygen atoms in total. The fourth-order valence-corrected chi connectivity index (χ4v) is 3.80. The van der Waals surface area contributed by atoms with Crippen LogP contribution in [-0.2, 0) is 4.74 Å². The molecule has 0 radical (unpaired) electrons. The van der Waals surface area contributed by atoms with Gasteiger partial charge in [-0.3, -0.25) is 4.79 Å². The molecule has 1 saturated heterocycles. The van der Waals surface area contributed by atoms with E-state index in [9.17, 15) is 9.59 Å². The van der Waals surface area contributed by atoms with E-state index in [1.54, 1.807) is 37.3 Å². The maximum Gasteiger partial charge on any atom is 0.322 e. The van der Waals surface area contributed by atoms with Crippen molar-refractivity contribution in [2.24, 2.45) is 0 Å². The van der Waals surface area contributed by atoms with Crippen LogP contribution in [0.1, 0.15) is 30.6 Å². The number of amides is 3. The van der Waals surface area contributed by atoms with Crippen LogP contribution in [0, 0.1) is 0 Å². The molecule has 2 atom stereocenters. The molecule has 1 fully saturated rings. The van der Waals surface area contributed by atoms with Crippen LogP contribution in [0.25, 0.3) is 0 Å². The zero-order valence-corrected chi connectivity index (χ0v) is 19.7. The Hall–Kier alpha value is -3.26. The Balaban J connectivity index is 1.69. The summed E-state index contributed by atoms with van der Waals surface area (Å²) >= 11 is 0. The molecule has 2 aromatic carbocycles. The van der Waals surface area contributed by atoms with Gasteiger partial charge in [-0.2, -0.15) is 0 Å². The number of morpholine rings is 1. The summed E-state index contributed by atoms with van der Waals surface area (Å²) in [6.45, 7) is 5.73. The minimum absolute atomic E-state index is 0.00648. The van der Waals surface area contributed by atoms with E-state index in [0.717, 1.165) is 6.42 Å². The maximum atomic E-state index is 13.4. The molecule has 1 aliphatic rings. The fraction of sp³-hybridized carbons (Fsp3) is 0.440. The molecule has 3 amide bonds. The van der Waals surface area contributed by atoms with Gasteiger partial charge >= 0.3 is 6.03 Å². The smallest absolute Gasteiger partial charge is 0.322 e. The van der Waals surface area contributed by atoms with Gasteiger partial charge in [0.2, 0.25) is 0 Å². The number of para-hydroxylation sites is 1. The summed E-state index contributed by atoms with van der Waals surface area (Å²) in [7, 11) is 3.14. The van der Waals surface area contributed by atoms with Crippen LogP contribution < -0.4 is 14.8 Å². The van der Waals surface area contributed by atoms with Crippen molar-refractivity contribution in [2.45, 2.75) is 32.4 Å². The topological polar surface area (TPSA) is 80.3 Å². The number of nitrogens with one attached hydrogen (secondary N) is 1. The quantitative estimate of drug-likeness (QED) is 0.654. The molecule has 0 aliphatic carbocycles. The van der Waals surface area contributed by atoms with Gasteiger partial charge in [-0.1, -0.05) is 25.1 Å². The molecule has 3 rings (SSSR count). The fourth-order valence-electron chi connectivity index (χ4n) is 3.80. The number of hydrogen-bond donors (Lipinski definition) is 1. The van der Waals surface area contributed by atoms with E-state index >= 15 is 0 Å². The van der Waals surface area contributed by atoms with Gasteiger partial charge in [0, 0.05) is 30.9 Å². The van der Waals surface area contributed by atoms with E-state index in [1.165, 1.54) is 0 Å². The van der Waals surface area contributed by atoms with Gasteiger partial charge in [-0.25, -0.2) is 4.79 Å². The second kappa shape index (κ2) is 11.6. The lowest BCUT2D eigenvalue weighted by atomic mass is 10.1. The Morgan fingerprint density at radius 2 is 1.97 bits per heavy atom. The summed E-state index contributed by atoms with van der Waals surface area (Å²) in [5, 5.41) is 2.91. The first-order valence-corrected chi connectivity index (χ1v) is 11.2. The lowest BCUT2D eigenvalue weighted by Gasteiger charge is -2.37. The summed E-state index contributed by atoms with van der Waals surface area (Å²) in [4.78, 5) is 29.8. The molecule has 178 valence electrons. The van der Waals surface area contributed by atoms with Crippen molar-refractivity contribution < 1.29 is 23.8 Å². The highest BCUT2D eigenvalue weighted by molar-refractivity contribution is 5.97. The highest BCUT2D eigenvalue weighted by Gasteiger charge is 2.30. The maximum absolute atomic E-state index is 13.4.